The average molecular weight is 574 g/mol. The van der Waals surface area contributed by atoms with Gasteiger partial charge in [0.05, 0.1) is 24.7 Å². The Morgan fingerprint density at radius 3 is 2.17 bits per heavy atom. The molecular formula is C33H36ClN3O4. The number of hydrogen-bond acceptors (Lipinski definition) is 6. The van der Waals surface area contributed by atoms with Crippen LogP contribution in [0.5, 0.6) is 5.75 Å². The summed E-state index contributed by atoms with van der Waals surface area (Å²) in [5.41, 5.74) is 5.73. The van der Waals surface area contributed by atoms with Crippen LogP contribution in [0.15, 0.2) is 90.3 Å². The Hall–Kier alpha value is -4.10. The lowest BCUT2D eigenvalue weighted by atomic mass is 9.95. The smallest absolute Gasteiger partial charge is 0.314 e. The fourth-order valence-corrected chi connectivity index (χ4v) is 4.48. The van der Waals surface area contributed by atoms with E-state index in [0.29, 0.717) is 29.7 Å². The Labute approximate surface area is 246 Å². The van der Waals surface area contributed by atoms with E-state index < -0.39 is 5.92 Å². The standard InChI is InChI=1S/C33H36ClN3O4/c1-23(2)17-25-7-13-30(14-8-25)37-20-28(19-35-37)21-40-31-15-9-26(10-16-31)18-32(33(38)39-4)24(3)36-41-22-27-5-11-29(34)12-6-27/h5-16,19-20,23,32H,17-18,21-22H2,1-4H3/b36-24+. The van der Waals surface area contributed by atoms with Crippen LogP contribution in [0.4, 0.5) is 0 Å². The van der Waals surface area contributed by atoms with Gasteiger partial charge in [0.25, 0.3) is 0 Å². The highest BCUT2D eigenvalue weighted by Crippen LogP contribution is 2.20. The van der Waals surface area contributed by atoms with E-state index in [0.717, 1.165) is 34.5 Å². The van der Waals surface area contributed by atoms with Crippen molar-refractivity contribution in [3.8, 4) is 11.4 Å². The first-order valence-corrected chi connectivity index (χ1v) is 14.0. The van der Waals surface area contributed by atoms with Crippen LogP contribution < -0.4 is 4.74 Å². The molecule has 4 rings (SSSR count). The van der Waals surface area contributed by atoms with Gasteiger partial charge in [-0.15, -0.1) is 0 Å². The van der Waals surface area contributed by atoms with Gasteiger partial charge in [0, 0.05) is 16.8 Å². The SMILES string of the molecule is COC(=O)C(Cc1ccc(OCc2cnn(-c3ccc(CC(C)C)cc3)c2)cc1)/C(C)=N/OCc1ccc(Cl)cc1. The summed E-state index contributed by atoms with van der Waals surface area (Å²) in [6.07, 6.45) is 5.28. The normalized spacial score (nSPS) is 12.3. The third-order valence-corrected chi connectivity index (χ3v) is 6.84. The molecule has 41 heavy (non-hydrogen) atoms. The molecule has 8 heteroatoms. The predicted octanol–water partition coefficient (Wildman–Crippen LogP) is 7.23. The van der Waals surface area contributed by atoms with E-state index >= 15 is 0 Å². The monoisotopic (exact) mass is 573 g/mol. The summed E-state index contributed by atoms with van der Waals surface area (Å²) in [5, 5.41) is 9.32. The van der Waals surface area contributed by atoms with Crippen LogP contribution in [0, 0.1) is 11.8 Å². The summed E-state index contributed by atoms with van der Waals surface area (Å²) < 4.78 is 12.9. The summed E-state index contributed by atoms with van der Waals surface area (Å²) >= 11 is 5.93. The summed E-state index contributed by atoms with van der Waals surface area (Å²) in [5.74, 6) is 0.419. The fraction of sp³-hybridized carbons (Fsp3) is 0.303. The largest absolute Gasteiger partial charge is 0.489 e. The Kier molecular flexibility index (Phi) is 10.6. The molecule has 0 aliphatic carbocycles. The highest BCUT2D eigenvalue weighted by molar-refractivity contribution is 6.30. The highest BCUT2D eigenvalue weighted by atomic mass is 35.5. The average Bonchev–Trinajstić information content (AvgIpc) is 3.45. The maximum absolute atomic E-state index is 12.5. The number of rotatable bonds is 13. The second-order valence-corrected chi connectivity index (χ2v) is 10.8. The molecule has 0 amide bonds. The number of halogens is 1. The fourth-order valence-electron chi connectivity index (χ4n) is 4.35. The third kappa shape index (κ3) is 8.95. The van der Waals surface area contributed by atoms with Gasteiger partial charge >= 0.3 is 5.97 Å². The zero-order valence-electron chi connectivity index (χ0n) is 23.9. The summed E-state index contributed by atoms with van der Waals surface area (Å²) in [6.45, 7) is 6.88. The lowest BCUT2D eigenvalue weighted by Crippen LogP contribution is -2.26. The summed E-state index contributed by atoms with van der Waals surface area (Å²) in [4.78, 5) is 18.0. The van der Waals surface area contributed by atoms with Gasteiger partial charge in [0.1, 0.15) is 24.9 Å². The third-order valence-electron chi connectivity index (χ3n) is 6.59. The molecule has 0 fully saturated rings. The number of hydrogen-bond donors (Lipinski definition) is 0. The van der Waals surface area contributed by atoms with Gasteiger partial charge in [-0.2, -0.15) is 5.10 Å². The maximum atomic E-state index is 12.5. The van der Waals surface area contributed by atoms with Crippen molar-refractivity contribution in [1.82, 2.24) is 9.78 Å². The van der Waals surface area contributed by atoms with Gasteiger partial charge in [0.15, 0.2) is 0 Å². The Morgan fingerprint density at radius 1 is 0.878 bits per heavy atom. The van der Waals surface area contributed by atoms with Gasteiger partial charge in [0.2, 0.25) is 0 Å². The van der Waals surface area contributed by atoms with E-state index in [1.54, 1.807) is 19.1 Å². The molecule has 0 spiro atoms. The van der Waals surface area contributed by atoms with Crippen molar-refractivity contribution in [2.75, 3.05) is 7.11 Å². The van der Waals surface area contributed by atoms with Gasteiger partial charge in [-0.3, -0.25) is 4.79 Å². The van der Waals surface area contributed by atoms with E-state index in [1.165, 1.54) is 12.7 Å². The van der Waals surface area contributed by atoms with Gasteiger partial charge < -0.3 is 14.3 Å². The van der Waals surface area contributed by atoms with Crippen molar-refractivity contribution in [2.45, 2.75) is 46.8 Å². The topological polar surface area (TPSA) is 74.9 Å². The van der Waals surface area contributed by atoms with Crippen molar-refractivity contribution < 1.29 is 19.1 Å². The van der Waals surface area contributed by atoms with Crippen LogP contribution in [0.3, 0.4) is 0 Å². The number of carbonyl (C=O) groups is 1. The highest BCUT2D eigenvalue weighted by Gasteiger charge is 2.24. The Balaban J connectivity index is 1.31. The van der Waals surface area contributed by atoms with Crippen LogP contribution in [0.1, 0.15) is 43.0 Å². The first kappa shape index (κ1) is 29.9. The van der Waals surface area contributed by atoms with Gasteiger partial charge in [-0.1, -0.05) is 67.0 Å². The van der Waals surface area contributed by atoms with Gasteiger partial charge in [-0.05, 0) is 78.8 Å². The van der Waals surface area contributed by atoms with Crippen molar-refractivity contribution >= 4 is 23.3 Å². The maximum Gasteiger partial charge on any atom is 0.314 e. The minimum atomic E-state index is -0.567. The van der Waals surface area contributed by atoms with E-state index in [9.17, 15) is 4.79 Å². The van der Waals surface area contributed by atoms with E-state index in [4.69, 9.17) is 25.9 Å². The molecule has 0 radical (unpaired) electrons. The molecular weight excluding hydrogens is 538 g/mol. The minimum Gasteiger partial charge on any atom is -0.489 e. The first-order valence-electron chi connectivity index (χ1n) is 13.6. The molecule has 1 atom stereocenters. The lowest BCUT2D eigenvalue weighted by Gasteiger charge is -2.15. The molecule has 214 valence electrons. The second kappa shape index (κ2) is 14.5. The number of esters is 1. The lowest BCUT2D eigenvalue weighted by molar-refractivity contribution is -0.143. The number of carbonyl (C=O) groups excluding carboxylic acids is 1. The zero-order chi connectivity index (χ0) is 29.2. The van der Waals surface area contributed by atoms with Crippen LogP contribution in [-0.4, -0.2) is 28.6 Å². The molecule has 1 aromatic heterocycles. The molecule has 0 N–H and O–H groups in total. The number of nitrogens with zero attached hydrogens (tertiary/aromatic N) is 3. The molecule has 1 unspecified atom stereocenters. The van der Waals surface area contributed by atoms with E-state index in [1.807, 2.05) is 53.5 Å². The van der Waals surface area contributed by atoms with Crippen LogP contribution in [0.25, 0.3) is 5.69 Å². The Bertz CT molecular complexity index is 1430. The molecule has 0 saturated carbocycles. The number of aromatic nitrogens is 2. The number of oxime groups is 1. The zero-order valence-corrected chi connectivity index (χ0v) is 24.7. The van der Waals surface area contributed by atoms with Crippen LogP contribution in [-0.2, 0) is 40.4 Å². The quantitative estimate of drug-likeness (QED) is 0.0958. The Morgan fingerprint density at radius 2 is 1.51 bits per heavy atom. The molecule has 1 heterocycles. The predicted molar refractivity (Wildman–Crippen MR) is 161 cm³/mol. The van der Waals surface area contributed by atoms with Crippen molar-refractivity contribution in [2.24, 2.45) is 17.0 Å². The molecule has 0 aliphatic heterocycles. The summed E-state index contributed by atoms with van der Waals surface area (Å²) in [7, 11) is 1.37. The molecule has 0 bridgehead atoms. The molecule has 0 aliphatic rings. The molecule has 7 nitrogen and oxygen atoms in total. The first-order chi connectivity index (χ1) is 19.8. The van der Waals surface area contributed by atoms with E-state index in [-0.39, 0.29) is 12.6 Å². The van der Waals surface area contributed by atoms with Crippen LogP contribution in [0.2, 0.25) is 5.02 Å². The molecule has 4 aromatic rings. The molecule has 0 saturated heterocycles. The summed E-state index contributed by atoms with van der Waals surface area (Å²) in [6, 6.07) is 23.5. The molecule has 3 aromatic carbocycles. The van der Waals surface area contributed by atoms with Gasteiger partial charge in [-0.25, -0.2) is 4.68 Å². The number of benzene rings is 3. The van der Waals surface area contributed by atoms with Crippen LogP contribution >= 0.6 is 11.6 Å². The van der Waals surface area contributed by atoms with Crippen molar-refractivity contribution in [3.63, 3.8) is 0 Å². The number of ether oxygens (including phenoxy) is 2. The number of methoxy groups -OCH3 is 1. The minimum absolute atomic E-state index is 0.276. The van der Waals surface area contributed by atoms with Crippen molar-refractivity contribution in [1.29, 1.82) is 0 Å². The van der Waals surface area contributed by atoms with Crippen molar-refractivity contribution in [3.05, 3.63) is 112 Å². The van der Waals surface area contributed by atoms with E-state index in [2.05, 4.69) is 48.4 Å². The second-order valence-electron chi connectivity index (χ2n) is 10.4.